The molecule has 1 aromatic heterocycles. The number of benzene rings is 1. The molecule has 0 saturated heterocycles. The lowest BCUT2D eigenvalue weighted by molar-refractivity contribution is -0.174. The minimum atomic E-state index is -0.657. The van der Waals surface area contributed by atoms with Crippen LogP contribution in [0.2, 0.25) is 0 Å². The highest BCUT2D eigenvalue weighted by molar-refractivity contribution is 5.92. The number of carbonyl (C=O) groups is 1. The highest BCUT2D eigenvalue weighted by Gasteiger charge is 2.40. The predicted molar refractivity (Wildman–Crippen MR) is 136 cm³/mol. The van der Waals surface area contributed by atoms with E-state index in [4.69, 9.17) is 37.9 Å². The third kappa shape index (κ3) is 7.76. The number of rotatable bonds is 16. The summed E-state index contributed by atoms with van der Waals surface area (Å²) in [6.07, 6.45) is 3.01. The highest BCUT2D eigenvalue weighted by atomic mass is 16.7. The highest BCUT2D eigenvalue weighted by Crippen LogP contribution is 2.42. The van der Waals surface area contributed by atoms with Gasteiger partial charge in [-0.15, -0.1) is 0 Å². The second kappa shape index (κ2) is 15.1. The molecule has 1 N–H and O–H groups in total. The van der Waals surface area contributed by atoms with Crippen molar-refractivity contribution in [3.63, 3.8) is 0 Å². The Morgan fingerprint density at radius 3 is 2.54 bits per heavy atom. The fourth-order valence-corrected chi connectivity index (χ4v) is 4.39. The Bertz CT molecular complexity index is 987. The number of carbonyl (C=O) groups excluding carboxylic acids is 1. The average Bonchev–Trinajstić information content (AvgIpc) is 3.35. The van der Waals surface area contributed by atoms with Crippen molar-refractivity contribution in [2.75, 3.05) is 67.5 Å². The Morgan fingerprint density at radius 2 is 1.84 bits per heavy atom. The molecule has 3 rings (SSSR count). The molecule has 2 heterocycles. The molecule has 206 valence electrons. The van der Waals surface area contributed by atoms with Gasteiger partial charge in [-0.2, -0.15) is 0 Å². The lowest BCUT2D eigenvalue weighted by atomic mass is 9.81. The molecule has 0 aliphatic carbocycles. The number of para-hydroxylation sites is 1. The number of likely N-dealkylation sites (N-methyl/N-ethyl adjacent to an activating group) is 1. The van der Waals surface area contributed by atoms with E-state index in [1.165, 1.54) is 19.1 Å². The number of allylic oxidation sites excluding steroid dienone is 1. The topological polar surface area (TPSA) is 109 Å². The summed E-state index contributed by atoms with van der Waals surface area (Å²) in [6.45, 7) is 4.09. The van der Waals surface area contributed by atoms with Gasteiger partial charge >= 0.3 is 0 Å². The number of hydrogen-bond donors (Lipinski definition) is 1. The van der Waals surface area contributed by atoms with Crippen LogP contribution >= 0.6 is 0 Å². The molecule has 2 aromatic rings. The monoisotopic (exact) mass is 521 g/mol. The minimum Gasteiger partial charge on any atom is -0.464 e. The molecule has 1 aromatic carbocycles. The number of nitrogens with zero attached hydrogens (tertiary/aromatic N) is 1. The van der Waals surface area contributed by atoms with Crippen molar-refractivity contribution in [2.24, 2.45) is 5.92 Å². The maximum Gasteiger partial charge on any atom is 0.288 e. The minimum absolute atomic E-state index is 0.0179. The molecule has 0 unspecified atom stereocenters. The first-order valence-corrected chi connectivity index (χ1v) is 12.6. The Morgan fingerprint density at radius 1 is 1.11 bits per heavy atom. The van der Waals surface area contributed by atoms with Crippen LogP contribution in [0.4, 0.5) is 0 Å². The second-order valence-electron chi connectivity index (χ2n) is 8.67. The van der Waals surface area contributed by atoms with Crippen LogP contribution in [0.5, 0.6) is 0 Å². The molecular weight excluding hydrogens is 482 g/mol. The molecule has 0 radical (unpaired) electrons. The van der Waals surface area contributed by atoms with Crippen LogP contribution in [0.3, 0.4) is 0 Å². The molecule has 0 saturated carbocycles. The van der Waals surface area contributed by atoms with Gasteiger partial charge in [0.2, 0.25) is 6.29 Å². The Kier molecular flexibility index (Phi) is 11.8. The standard InChI is InChI=1S/C27H39NO9/c1-5-35-27-20(10-12-33-14-15-34-13-11-29)21(22-18-36-23-9-7-6-8-19(22)23)16-24(37-27)26(30)28(2)17-25(31-3)32-4/h6-9,16,18,20-21,25,27,29H,5,10-15,17H2,1-4H3/t20-,21-,27+/m1/s1. The summed E-state index contributed by atoms with van der Waals surface area (Å²) in [5.74, 6) is -0.433. The maximum absolute atomic E-state index is 13.4. The molecule has 10 heteroatoms. The van der Waals surface area contributed by atoms with Crippen LogP contribution in [0.25, 0.3) is 11.0 Å². The van der Waals surface area contributed by atoms with Crippen LogP contribution in [0.1, 0.15) is 24.8 Å². The number of hydrogen-bond acceptors (Lipinski definition) is 9. The van der Waals surface area contributed by atoms with E-state index in [2.05, 4.69) is 0 Å². The summed E-state index contributed by atoms with van der Waals surface area (Å²) in [4.78, 5) is 14.9. The van der Waals surface area contributed by atoms with Crippen molar-refractivity contribution in [3.05, 3.63) is 47.9 Å². The van der Waals surface area contributed by atoms with E-state index in [-0.39, 0.29) is 43.3 Å². The van der Waals surface area contributed by atoms with Crippen LogP contribution in [-0.4, -0.2) is 95.9 Å². The number of methoxy groups -OCH3 is 2. The van der Waals surface area contributed by atoms with E-state index in [0.717, 1.165) is 16.5 Å². The SMILES string of the molecule is CCO[C@H]1OC(C(=O)N(C)CC(OC)OC)=C[C@@H](c2coc3ccccc23)[C@H]1CCOCCOCCO. The van der Waals surface area contributed by atoms with E-state index in [1.807, 2.05) is 37.3 Å². The van der Waals surface area contributed by atoms with Crippen molar-refractivity contribution >= 4 is 16.9 Å². The van der Waals surface area contributed by atoms with E-state index >= 15 is 0 Å². The summed E-state index contributed by atoms with van der Waals surface area (Å²) in [6, 6.07) is 7.81. The Balaban J connectivity index is 1.86. The van der Waals surface area contributed by atoms with E-state index in [1.54, 1.807) is 13.3 Å². The maximum atomic E-state index is 13.4. The van der Waals surface area contributed by atoms with Crippen LogP contribution < -0.4 is 0 Å². The third-order valence-electron chi connectivity index (χ3n) is 6.30. The average molecular weight is 522 g/mol. The van der Waals surface area contributed by atoms with Crippen molar-refractivity contribution in [2.45, 2.75) is 31.8 Å². The van der Waals surface area contributed by atoms with E-state index in [9.17, 15) is 4.79 Å². The molecule has 0 fully saturated rings. The molecule has 1 aliphatic rings. The van der Waals surface area contributed by atoms with Gasteiger partial charge < -0.3 is 42.8 Å². The van der Waals surface area contributed by atoms with Gasteiger partial charge in [0.05, 0.1) is 39.2 Å². The van der Waals surface area contributed by atoms with Gasteiger partial charge in [0.1, 0.15) is 5.58 Å². The lowest BCUT2D eigenvalue weighted by Gasteiger charge is -2.37. The quantitative estimate of drug-likeness (QED) is 0.263. The zero-order chi connectivity index (χ0) is 26.6. The Hall–Kier alpha value is -2.47. The molecule has 10 nitrogen and oxygen atoms in total. The normalized spacial score (nSPS) is 19.7. The smallest absolute Gasteiger partial charge is 0.288 e. The van der Waals surface area contributed by atoms with Crippen molar-refractivity contribution < 1.29 is 42.7 Å². The third-order valence-corrected chi connectivity index (χ3v) is 6.30. The fourth-order valence-electron chi connectivity index (χ4n) is 4.39. The fraction of sp³-hybridized carbons (Fsp3) is 0.593. The number of fused-ring (bicyclic) bond motifs is 1. The first-order chi connectivity index (χ1) is 18.0. The summed E-state index contributed by atoms with van der Waals surface area (Å²) in [7, 11) is 4.73. The number of aliphatic hydroxyl groups is 1. The zero-order valence-corrected chi connectivity index (χ0v) is 22.1. The summed E-state index contributed by atoms with van der Waals surface area (Å²) >= 11 is 0. The number of ether oxygens (including phenoxy) is 6. The molecule has 0 spiro atoms. The van der Waals surface area contributed by atoms with Crippen LogP contribution in [-0.2, 0) is 33.2 Å². The van der Waals surface area contributed by atoms with Gasteiger partial charge in [-0.05, 0) is 25.5 Å². The molecule has 3 atom stereocenters. The molecular formula is C27H39NO9. The summed E-state index contributed by atoms with van der Waals surface area (Å²) in [5.41, 5.74) is 1.73. The Labute approximate surface area is 218 Å². The van der Waals surface area contributed by atoms with Gasteiger partial charge in [0, 0.05) is 57.3 Å². The molecule has 1 amide bonds. The predicted octanol–water partition coefficient (Wildman–Crippen LogP) is 2.90. The largest absolute Gasteiger partial charge is 0.464 e. The summed E-state index contributed by atoms with van der Waals surface area (Å²) in [5, 5.41) is 9.81. The van der Waals surface area contributed by atoms with Crippen LogP contribution in [0.15, 0.2) is 46.8 Å². The van der Waals surface area contributed by atoms with Gasteiger partial charge in [0.25, 0.3) is 5.91 Å². The summed E-state index contributed by atoms with van der Waals surface area (Å²) < 4.78 is 39.5. The first kappa shape index (κ1) is 29.1. The number of furan rings is 1. The molecule has 0 bridgehead atoms. The van der Waals surface area contributed by atoms with Gasteiger partial charge in [-0.1, -0.05) is 18.2 Å². The van der Waals surface area contributed by atoms with Crippen molar-refractivity contribution in [1.82, 2.24) is 4.90 Å². The second-order valence-corrected chi connectivity index (χ2v) is 8.67. The van der Waals surface area contributed by atoms with Gasteiger partial charge in [0.15, 0.2) is 12.0 Å². The van der Waals surface area contributed by atoms with Crippen LogP contribution in [0, 0.1) is 5.92 Å². The number of amides is 1. The van der Waals surface area contributed by atoms with Crippen molar-refractivity contribution in [1.29, 1.82) is 0 Å². The first-order valence-electron chi connectivity index (χ1n) is 12.6. The lowest BCUT2D eigenvalue weighted by Crippen LogP contribution is -2.42. The van der Waals surface area contributed by atoms with E-state index < -0.39 is 12.6 Å². The molecule has 1 aliphatic heterocycles. The van der Waals surface area contributed by atoms with Crippen molar-refractivity contribution in [3.8, 4) is 0 Å². The number of aliphatic hydroxyl groups excluding tert-OH is 1. The van der Waals surface area contributed by atoms with E-state index in [0.29, 0.717) is 32.8 Å². The zero-order valence-electron chi connectivity index (χ0n) is 22.1. The van der Waals surface area contributed by atoms with Gasteiger partial charge in [-0.25, -0.2) is 0 Å². The molecule has 37 heavy (non-hydrogen) atoms. The van der Waals surface area contributed by atoms with Gasteiger partial charge in [-0.3, -0.25) is 4.79 Å².